The minimum Gasteiger partial charge on any atom is -0.468 e. The highest BCUT2D eigenvalue weighted by molar-refractivity contribution is 7.16. The topological polar surface area (TPSA) is 87.0 Å². The van der Waals surface area contributed by atoms with Gasteiger partial charge in [0.1, 0.15) is 6.54 Å². The van der Waals surface area contributed by atoms with Crippen molar-refractivity contribution < 1.29 is 23.9 Å². The molecule has 1 amide bonds. The van der Waals surface area contributed by atoms with E-state index in [9.17, 15) is 14.4 Å². The van der Waals surface area contributed by atoms with E-state index in [1.165, 1.54) is 18.4 Å². The Kier molecular flexibility index (Phi) is 7.02. The fourth-order valence-electron chi connectivity index (χ4n) is 3.08. The van der Waals surface area contributed by atoms with Gasteiger partial charge < -0.3 is 14.0 Å². The maximum Gasteiger partial charge on any atom is 0.338 e. The highest BCUT2D eigenvalue weighted by Crippen LogP contribution is 2.20. The van der Waals surface area contributed by atoms with Crippen molar-refractivity contribution in [1.29, 1.82) is 0 Å². The number of benzene rings is 2. The molecule has 31 heavy (non-hydrogen) atoms. The molecule has 8 heteroatoms. The number of hydrogen-bond acceptors (Lipinski definition) is 6. The van der Waals surface area contributed by atoms with Gasteiger partial charge in [-0.2, -0.15) is 4.99 Å². The molecule has 0 aliphatic heterocycles. The normalized spacial score (nSPS) is 11.5. The van der Waals surface area contributed by atoms with Gasteiger partial charge in [-0.25, -0.2) is 4.79 Å². The number of aryl methyl sites for hydroxylation is 2. The average Bonchev–Trinajstić information content (AvgIpc) is 3.06. The van der Waals surface area contributed by atoms with Crippen LogP contribution in [0.15, 0.2) is 41.4 Å². The maximum absolute atomic E-state index is 12.7. The lowest BCUT2D eigenvalue weighted by atomic mass is 10.0. The Morgan fingerprint density at radius 2 is 1.84 bits per heavy atom. The zero-order valence-electron chi connectivity index (χ0n) is 17.9. The summed E-state index contributed by atoms with van der Waals surface area (Å²) in [6.45, 7) is 5.94. The Morgan fingerprint density at radius 3 is 2.52 bits per heavy atom. The van der Waals surface area contributed by atoms with Gasteiger partial charge in [-0.1, -0.05) is 29.5 Å². The number of hydrogen-bond donors (Lipinski definition) is 0. The van der Waals surface area contributed by atoms with E-state index >= 15 is 0 Å². The summed E-state index contributed by atoms with van der Waals surface area (Å²) >= 11 is 1.23. The molecule has 3 rings (SSSR count). The Labute approximate surface area is 183 Å². The van der Waals surface area contributed by atoms with E-state index in [0.29, 0.717) is 20.6 Å². The summed E-state index contributed by atoms with van der Waals surface area (Å²) in [6, 6.07) is 10.9. The quantitative estimate of drug-likeness (QED) is 0.549. The van der Waals surface area contributed by atoms with E-state index in [0.717, 1.165) is 16.7 Å². The second kappa shape index (κ2) is 9.70. The van der Waals surface area contributed by atoms with Gasteiger partial charge in [0, 0.05) is 0 Å². The number of aromatic nitrogens is 1. The smallest absolute Gasteiger partial charge is 0.338 e. The predicted molar refractivity (Wildman–Crippen MR) is 118 cm³/mol. The fraction of sp³-hybridized carbons (Fsp3) is 0.304. The van der Waals surface area contributed by atoms with Crippen LogP contribution in [-0.2, 0) is 32.0 Å². The minimum atomic E-state index is -0.461. The number of methoxy groups -OCH3 is 1. The maximum atomic E-state index is 12.7. The lowest BCUT2D eigenvalue weighted by Crippen LogP contribution is -2.22. The summed E-state index contributed by atoms with van der Waals surface area (Å²) in [7, 11) is 1.30. The summed E-state index contributed by atoms with van der Waals surface area (Å²) < 4.78 is 12.2. The van der Waals surface area contributed by atoms with Gasteiger partial charge in [-0.15, -0.1) is 0 Å². The SMILES string of the molecule is CCOC(=O)c1ccc2c(c1)sc(=NC(=O)Cc1ccc(C)c(C)c1)n2CC(=O)OC. The molecular weight excluding hydrogens is 416 g/mol. The highest BCUT2D eigenvalue weighted by Gasteiger charge is 2.15. The average molecular weight is 441 g/mol. The number of ether oxygens (including phenoxy) is 2. The van der Waals surface area contributed by atoms with Gasteiger partial charge in [-0.05, 0) is 55.7 Å². The van der Waals surface area contributed by atoms with Crippen LogP contribution in [0.3, 0.4) is 0 Å². The third-order valence-electron chi connectivity index (χ3n) is 4.86. The molecule has 0 bridgehead atoms. The Bertz CT molecular complexity index is 1220. The first-order chi connectivity index (χ1) is 14.8. The molecule has 0 spiro atoms. The number of rotatable bonds is 6. The van der Waals surface area contributed by atoms with Crippen LogP contribution in [0.2, 0.25) is 0 Å². The van der Waals surface area contributed by atoms with Crippen molar-refractivity contribution in [2.24, 2.45) is 4.99 Å². The number of carbonyl (C=O) groups excluding carboxylic acids is 3. The van der Waals surface area contributed by atoms with Crippen LogP contribution in [0.1, 0.15) is 34.0 Å². The molecule has 3 aromatic rings. The molecule has 162 valence electrons. The van der Waals surface area contributed by atoms with E-state index < -0.39 is 11.9 Å². The number of fused-ring (bicyclic) bond motifs is 1. The van der Waals surface area contributed by atoms with Crippen molar-refractivity contribution in [3.05, 3.63) is 63.5 Å². The van der Waals surface area contributed by atoms with Crippen molar-refractivity contribution in [2.45, 2.75) is 33.7 Å². The van der Waals surface area contributed by atoms with E-state index in [1.807, 2.05) is 32.0 Å². The lowest BCUT2D eigenvalue weighted by molar-refractivity contribution is -0.141. The molecule has 2 aromatic carbocycles. The molecule has 7 nitrogen and oxygen atoms in total. The Hall–Kier alpha value is -3.26. The standard InChI is InChI=1S/C23H24N2O5S/c1-5-30-22(28)17-8-9-18-19(12-17)31-23(25(18)13-21(27)29-4)24-20(26)11-16-7-6-14(2)15(3)10-16/h6-10,12H,5,11,13H2,1-4H3. The molecule has 0 fully saturated rings. The number of thiazole rings is 1. The second-order valence-corrected chi connectivity index (χ2v) is 8.06. The van der Waals surface area contributed by atoms with E-state index in [-0.39, 0.29) is 25.5 Å². The van der Waals surface area contributed by atoms with Crippen LogP contribution in [0.4, 0.5) is 0 Å². The zero-order chi connectivity index (χ0) is 22.5. The van der Waals surface area contributed by atoms with Crippen molar-refractivity contribution in [3.63, 3.8) is 0 Å². The fourth-order valence-corrected chi connectivity index (χ4v) is 4.17. The molecule has 0 unspecified atom stereocenters. The van der Waals surface area contributed by atoms with E-state index in [4.69, 9.17) is 9.47 Å². The van der Waals surface area contributed by atoms with E-state index in [2.05, 4.69) is 4.99 Å². The number of nitrogens with zero attached hydrogens (tertiary/aromatic N) is 2. The van der Waals surface area contributed by atoms with E-state index in [1.54, 1.807) is 29.7 Å². The van der Waals surface area contributed by atoms with Gasteiger partial charge in [0.25, 0.3) is 5.91 Å². The largest absolute Gasteiger partial charge is 0.468 e. The third kappa shape index (κ3) is 5.27. The second-order valence-electron chi connectivity index (χ2n) is 7.05. The molecule has 1 aromatic heterocycles. The molecule has 0 aliphatic carbocycles. The summed E-state index contributed by atoms with van der Waals surface area (Å²) in [5.74, 6) is -1.21. The molecular formula is C23H24N2O5S. The number of amides is 1. The minimum absolute atomic E-state index is 0.0923. The predicted octanol–water partition coefficient (Wildman–Crippen LogP) is 3.34. The van der Waals surface area contributed by atoms with Crippen LogP contribution < -0.4 is 4.80 Å². The van der Waals surface area contributed by atoms with Gasteiger partial charge in [0.15, 0.2) is 4.80 Å². The lowest BCUT2D eigenvalue weighted by Gasteiger charge is -2.05. The van der Waals surface area contributed by atoms with Gasteiger partial charge in [-0.3, -0.25) is 9.59 Å². The van der Waals surface area contributed by atoms with Gasteiger partial charge >= 0.3 is 11.9 Å². The van der Waals surface area contributed by atoms with Crippen LogP contribution >= 0.6 is 11.3 Å². The molecule has 0 radical (unpaired) electrons. The van der Waals surface area contributed by atoms with Crippen LogP contribution in [0.5, 0.6) is 0 Å². The summed E-state index contributed by atoms with van der Waals surface area (Å²) in [5, 5.41) is 0. The Morgan fingerprint density at radius 1 is 1.06 bits per heavy atom. The van der Waals surface area contributed by atoms with Crippen molar-refractivity contribution in [3.8, 4) is 0 Å². The van der Waals surface area contributed by atoms with Gasteiger partial charge in [0.05, 0.1) is 35.9 Å². The van der Waals surface area contributed by atoms with Crippen LogP contribution in [0.25, 0.3) is 10.2 Å². The van der Waals surface area contributed by atoms with Crippen molar-refractivity contribution in [2.75, 3.05) is 13.7 Å². The van der Waals surface area contributed by atoms with Crippen molar-refractivity contribution in [1.82, 2.24) is 4.57 Å². The molecule has 0 N–H and O–H groups in total. The Balaban J connectivity index is 2.02. The number of carbonyl (C=O) groups is 3. The monoisotopic (exact) mass is 440 g/mol. The first-order valence-corrected chi connectivity index (χ1v) is 10.6. The molecule has 1 heterocycles. The summed E-state index contributed by atoms with van der Waals surface area (Å²) in [5.41, 5.74) is 4.22. The molecule has 0 saturated carbocycles. The number of esters is 2. The highest BCUT2D eigenvalue weighted by atomic mass is 32.1. The van der Waals surface area contributed by atoms with Crippen LogP contribution in [0, 0.1) is 13.8 Å². The van der Waals surface area contributed by atoms with Gasteiger partial charge in [0.2, 0.25) is 0 Å². The summed E-state index contributed by atoms with van der Waals surface area (Å²) in [6.07, 6.45) is 0.154. The van der Waals surface area contributed by atoms with Crippen LogP contribution in [-0.4, -0.2) is 36.1 Å². The zero-order valence-corrected chi connectivity index (χ0v) is 18.7. The third-order valence-corrected chi connectivity index (χ3v) is 5.90. The molecule has 0 aliphatic rings. The summed E-state index contributed by atoms with van der Waals surface area (Å²) in [4.78, 5) is 41.3. The molecule has 0 atom stereocenters. The first kappa shape index (κ1) is 22.4. The first-order valence-electron chi connectivity index (χ1n) is 9.83. The molecule has 0 saturated heterocycles. The van der Waals surface area contributed by atoms with Crippen molar-refractivity contribution >= 4 is 39.4 Å².